The first-order chi connectivity index (χ1) is 7.54. The SMILES string of the molecule is CC(C)CC(CO)NC(C)c1nccn1C. The molecule has 0 bridgehead atoms. The van der Waals surface area contributed by atoms with Crippen molar-refractivity contribution in [3.05, 3.63) is 18.2 Å². The molecule has 2 atom stereocenters. The van der Waals surface area contributed by atoms with E-state index in [-0.39, 0.29) is 18.7 Å². The molecule has 0 amide bonds. The highest BCUT2D eigenvalue weighted by atomic mass is 16.3. The Kier molecular flexibility index (Phi) is 4.96. The van der Waals surface area contributed by atoms with Gasteiger partial charge in [-0.1, -0.05) is 13.8 Å². The minimum atomic E-state index is 0.145. The number of rotatable bonds is 6. The maximum absolute atomic E-state index is 9.30. The van der Waals surface area contributed by atoms with Gasteiger partial charge in [-0.2, -0.15) is 0 Å². The fourth-order valence-electron chi connectivity index (χ4n) is 1.99. The maximum Gasteiger partial charge on any atom is 0.125 e. The second kappa shape index (κ2) is 6.01. The Labute approximate surface area is 97.7 Å². The monoisotopic (exact) mass is 225 g/mol. The Bertz CT molecular complexity index is 309. The predicted octanol–water partition coefficient (Wildman–Crippen LogP) is 1.48. The molecule has 1 heterocycles. The third-order valence-corrected chi connectivity index (χ3v) is 2.71. The van der Waals surface area contributed by atoms with E-state index in [0.29, 0.717) is 5.92 Å². The fraction of sp³-hybridized carbons (Fsp3) is 0.750. The van der Waals surface area contributed by atoms with Crippen LogP contribution in [0, 0.1) is 5.92 Å². The molecule has 2 N–H and O–H groups in total. The molecule has 16 heavy (non-hydrogen) atoms. The molecule has 0 aliphatic carbocycles. The molecule has 0 radical (unpaired) electrons. The second-order valence-corrected chi connectivity index (χ2v) is 4.79. The molecular formula is C12H23N3O. The van der Waals surface area contributed by atoms with E-state index >= 15 is 0 Å². The zero-order valence-corrected chi connectivity index (χ0v) is 10.6. The van der Waals surface area contributed by atoms with Gasteiger partial charge in [0.05, 0.1) is 12.6 Å². The van der Waals surface area contributed by atoms with Crippen LogP contribution >= 0.6 is 0 Å². The van der Waals surface area contributed by atoms with E-state index in [2.05, 4.69) is 31.1 Å². The van der Waals surface area contributed by atoms with Crippen molar-refractivity contribution in [2.24, 2.45) is 13.0 Å². The average Bonchev–Trinajstić information content (AvgIpc) is 2.62. The van der Waals surface area contributed by atoms with Crippen molar-refractivity contribution in [3.8, 4) is 0 Å². The van der Waals surface area contributed by atoms with Crippen molar-refractivity contribution in [3.63, 3.8) is 0 Å². The summed E-state index contributed by atoms with van der Waals surface area (Å²) in [7, 11) is 1.98. The van der Waals surface area contributed by atoms with Crippen molar-refractivity contribution in [2.75, 3.05) is 6.61 Å². The first kappa shape index (κ1) is 13.2. The number of hydrogen-bond acceptors (Lipinski definition) is 3. The topological polar surface area (TPSA) is 50.1 Å². The summed E-state index contributed by atoms with van der Waals surface area (Å²) < 4.78 is 2.00. The maximum atomic E-state index is 9.30. The summed E-state index contributed by atoms with van der Waals surface area (Å²) in [5.41, 5.74) is 0. The normalized spacial score (nSPS) is 15.4. The van der Waals surface area contributed by atoms with Gasteiger partial charge in [0.2, 0.25) is 0 Å². The van der Waals surface area contributed by atoms with Crippen LogP contribution in [0.4, 0.5) is 0 Å². The Hall–Kier alpha value is -0.870. The Morgan fingerprint density at radius 2 is 2.12 bits per heavy atom. The van der Waals surface area contributed by atoms with Gasteiger partial charge >= 0.3 is 0 Å². The number of hydrogen-bond donors (Lipinski definition) is 2. The van der Waals surface area contributed by atoms with E-state index < -0.39 is 0 Å². The molecular weight excluding hydrogens is 202 g/mol. The van der Waals surface area contributed by atoms with Crippen LogP contribution in [0.25, 0.3) is 0 Å². The van der Waals surface area contributed by atoms with Gasteiger partial charge in [-0.15, -0.1) is 0 Å². The van der Waals surface area contributed by atoms with Crippen LogP contribution in [0.3, 0.4) is 0 Å². The quantitative estimate of drug-likeness (QED) is 0.771. The van der Waals surface area contributed by atoms with Gasteiger partial charge in [0, 0.05) is 25.5 Å². The van der Waals surface area contributed by atoms with E-state index in [4.69, 9.17) is 0 Å². The molecule has 2 unspecified atom stereocenters. The molecule has 0 saturated heterocycles. The number of aliphatic hydroxyl groups excluding tert-OH is 1. The lowest BCUT2D eigenvalue weighted by Gasteiger charge is -2.22. The zero-order valence-electron chi connectivity index (χ0n) is 10.6. The Morgan fingerprint density at radius 1 is 1.44 bits per heavy atom. The molecule has 1 aromatic heterocycles. The minimum absolute atomic E-state index is 0.145. The van der Waals surface area contributed by atoms with Gasteiger partial charge in [0.1, 0.15) is 5.82 Å². The van der Waals surface area contributed by atoms with Crippen LogP contribution < -0.4 is 5.32 Å². The minimum Gasteiger partial charge on any atom is -0.395 e. The van der Waals surface area contributed by atoms with Crippen LogP contribution in [-0.2, 0) is 7.05 Å². The van der Waals surface area contributed by atoms with Crippen LogP contribution in [-0.4, -0.2) is 27.3 Å². The first-order valence-electron chi connectivity index (χ1n) is 5.88. The second-order valence-electron chi connectivity index (χ2n) is 4.79. The summed E-state index contributed by atoms with van der Waals surface area (Å²) >= 11 is 0. The lowest BCUT2D eigenvalue weighted by Crippen LogP contribution is -2.36. The third kappa shape index (κ3) is 3.61. The van der Waals surface area contributed by atoms with Crippen LogP contribution in [0.1, 0.15) is 39.1 Å². The van der Waals surface area contributed by atoms with Crippen LogP contribution in [0.15, 0.2) is 12.4 Å². The third-order valence-electron chi connectivity index (χ3n) is 2.71. The molecule has 0 spiro atoms. The van der Waals surface area contributed by atoms with Gasteiger partial charge in [-0.05, 0) is 19.3 Å². The van der Waals surface area contributed by atoms with E-state index in [0.717, 1.165) is 12.2 Å². The summed E-state index contributed by atoms with van der Waals surface area (Å²) in [6, 6.07) is 0.308. The molecule has 0 aromatic carbocycles. The average molecular weight is 225 g/mol. The molecule has 4 nitrogen and oxygen atoms in total. The van der Waals surface area contributed by atoms with Crippen molar-refractivity contribution >= 4 is 0 Å². The number of nitrogens with one attached hydrogen (secondary N) is 1. The largest absolute Gasteiger partial charge is 0.395 e. The van der Waals surface area contributed by atoms with Gasteiger partial charge in [-0.25, -0.2) is 4.98 Å². The Morgan fingerprint density at radius 3 is 2.56 bits per heavy atom. The van der Waals surface area contributed by atoms with Gasteiger partial charge < -0.3 is 15.0 Å². The lowest BCUT2D eigenvalue weighted by molar-refractivity contribution is 0.213. The van der Waals surface area contributed by atoms with Crippen molar-refractivity contribution in [1.29, 1.82) is 0 Å². The lowest BCUT2D eigenvalue weighted by atomic mass is 10.0. The standard InChI is InChI=1S/C12H23N3O/c1-9(2)7-11(8-16)14-10(3)12-13-5-6-15(12)4/h5-6,9-11,14,16H,7-8H2,1-4H3. The number of imidazole rings is 1. The molecule has 4 heteroatoms. The summed E-state index contributed by atoms with van der Waals surface area (Å²) in [6.45, 7) is 6.57. The summed E-state index contributed by atoms with van der Waals surface area (Å²) in [6.07, 6.45) is 4.71. The number of aromatic nitrogens is 2. The molecule has 0 aliphatic heterocycles. The van der Waals surface area contributed by atoms with Gasteiger partial charge in [0.25, 0.3) is 0 Å². The number of aliphatic hydroxyl groups is 1. The Balaban J connectivity index is 2.55. The highest BCUT2D eigenvalue weighted by Crippen LogP contribution is 2.12. The molecule has 1 aromatic rings. The molecule has 0 aliphatic rings. The fourth-order valence-corrected chi connectivity index (χ4v) is 1.99. The van der Waals surface area contributed by atoms with E-state index in [9.17, 15) is 5.11 Å². The number of nitrogens with zero attached hydrogens (tertiary/aromatic N) is 2. The zero-order chi connectivity index (χ0) is 12.1. The predicted molar refractivity (Wildman–Crippen MR) is 65.1 cm³/mol. The summed E-state index contributed by atoms with van der Waals surface area (Å²) in [5.74, 6) is 1.58. The van der Waals surface area contributed by atoms with E-state index in [1.165, 1.54) is 0 Å². The summed E-state index contributed by atoms with van der Waals surface area (Å²) in [4.78, 5) is 4.30. The highest BCUT2D eigenvalue weighted by molar-refractivity contribution is 4.97. The van der Waals surface area contributed by atoms with Crippen molar-refractivity contribution in [2.45, 2.75) is 39.3 Å². The van der Waals surface area contributed by atoms with E-state index in [1.807, 2.05) is 17.8 Å². The van der Waals surface area contributed by atoms with Crippen LogP contribution in [0.5, 0.6) is 0 Å². The highest BCUT2D eigenvalue weighted by Gasteiger charge is 2.16. The molecule has 1 rings (SSSR count). The van der Waals surface area contributed by atoms with Gasteiger partial charge in [-0.3, -0.25) is 0 Å². The summed E-state index contributed by atoms with van der Waals surface area (Å²) in [5, 5.41) is 12.7. The molecule has 0 fully saturated rings. The van der Waals surface area contributed by atoms with E-state index in [1.54, 1.807) is 6.20 Å². The van der Waals surface area contributed by atoms with Crippen LogP contribution in [0.2, 0.25) is 0 Å². The molecule has 0 saturated carbocycles. The first-order valence-corrected chi connectivity index (χ1v) is 5.88. The van der Waals surface area contributed by atoms with Crippen molar-refractivity contribution < 1.29 is 5.11 Å². The van der Waals surface area contributed by atoms with Gasteiger partial charge in [0.15, 0.2) is 0 Å². The number of aryl methyl sites for hydroxylation is 1. The smallest absolute Gasteiger partial charge is 0.125 e. The van der Waals surface area contributed by atoms with Crippen molar-refractivity contribution in [1.82, 2.24) is 14.9 Å². The molecule has 92 valence electrons.